The van der Waals surface area contributed by atoms with Gasteiger partial charge >= 0.3 is 0 Å². The quantitative estimate of drug-likeness (QED) is 0.744. The summed E-state index contributed by atoms with van der Waals surface area (Å²) in [5, 5.41) is 6.56. The van der Waals surface area contributed by atoms with Crippen molar-refractivity contribution in [3.63, 3.8) is 0 Å². The molecule has 1 saturated carbocycles. The second kappa shape index (κ2) is 5.85. The Morgan fingerprint density at radius 2 is 2.29 bits per heavy atom. The zero-order valence-corrected chi connectivity index (χ0v) is 11.1. The number of amides is 1. The molecule has 2 rings (SSSR count). The third-order valence-electron chi connectivity index (χ3n) is 4.22. The minimum Gasteiger partial charge on any atom is -0.356 e. The highest BCUT2D eigenvalue weighted by Crippen LogP contribution is 2.33. The summed E-state index contributed by atoms with van der Waals surface area (Å²) in [5.74, 6) is 1.20. The molecule has 3 nitrogen and oxygen atoms in total. The van der Waals surface area contributed by atoms with Crippen molar-refractivity contribution in [1.82, 2.24) is 10.6 Å². The van der Waals surface area contributed by atoms with Gasteiger partial charge in [-0.05, 0) is 38.1 Å². The van der Waals surface area contributed by atoms with Crippen molar-refractivity contribution >= 4 is 5.91 Å². The first-order valence-corrected chi connectivity index (χ1v) is 7.26. The van der Waals surface area contributed by atoms with Crippen molar-refractivity contribution in [1.29, 1.82) is 0 Å². The highest BCUT2D eigenvalue weighted by Gasteiger charge is 2.38. The molecule has 0 spiro atoms. The molecule has 2 N–H and O–H groups in total. The summed E-state index contributed by atoms with van der Waals surface area (Å²) in [6.45, 7) is 5.00. The number of hydrogen-bond donors (Lipinski definition) is 2. The molecule has 0 bridgehead atoms. The van der Waals surface area contributed by atoms with E-state index in [2.05, 4.69) is 17.6 Å². The van der Waals surface area contributed by atoms with E-state index in [1.165, 1.54) is 19.3 Å². The molecule has 1 aliphatic carbocycles. The third-order valence-corrected chi connectivity index (χ3v) is 4.22. The number of hydrogen-bond acceptors (Lipinski definition) is 2. The van der Waals surface area contributed by atoms with E-state index in [1.807, 2.05) is 0 Å². The van der Waals surface area contributed by atoms with Gasteiger partial charge < -0.3 is 10.6 Å². The minimum atomic E-state index is -0.115. The van der Waals surface area contributed by atoms with E-state index in [9.17, 15) is 4.79 Å². The van der Waals surface area contributed by atoms with E-state index in [0.29, 0.717) is 5.91 Å². The summed E-state index contributed by atoms with van der Waals surface area (Å²) in [6.07, 6.45) is 8.24. The Labute approximate surface area is 105 Å². The lowest BCUT2D eigenvalue weighted by Gasteiger charge is -2.36. The van der Waals surface area contributed by atoms with Gasteiger partial charge in [0.1, 0.15) is 0 Å². The molecule has 2 aliphatic rings. The number of carbonyl (C=O) groups is 1. The van der Waals surface area contributed by atoms with Crippen LogP contribution < -0.4 is 10.6 Å². The van der Waals surface area contributed by atoms with Crippen LogP contribution >= 0.6 is 0 Å². The van der Waals surface area contributed by atoms with Crippen molar-refractivity contribution in [2.45, 2.75) is 51.9 Å². The lowest BCUT2D eigenvalue weighted by atomic mass is 9.76. The highest BCUT2D eigenvalue weighted by molar-refractivity contribution is 5.83. The first-order valence-electron chi connectivity index (χ1n) is 7.26. The Morgan fingerprint density at radius 3 is 2.88 bits per heavy atom. The van der Waals surface area contributed by atoms with Gasteiger partial charge in [-0.25, -0.2) is 0 Å². The van der Waals surface area contributed by atoms with Gasteiger partial charge in [0.25, 0.3) is 0 Å². The molecule has 0 aromatic rings. The monoisotopic (exact) mass is 238 g/mol. The molecule has 0 aromatic heterocycles. The molecule has 1 saturated heterocycles. The van der Waals surface area contributed by atoms with Crippen LogP contribution in [0.1, 0.15) is 51.9 Å². The molecule has 1 unspecified atom stereocenters. The average Bonchev–Trinajstić information content (AvgIpc) is 3.14. The Morgan fingerprint density at radius 1 is 1.47 bits per heavy atom. The summed E-state index contributed by atoms with van der Waals surface area (Å²) in [6, 6.07) is 0. The number of piperidine rings is 1. The lowest BCUT2D eigenvalue weighted by Crippen LogP contribution is -2.50. The van der Waals surface area contributed by atoms with Gasteiger partial charge in [0.2, 0.25) is 5.91 Å². The van der Waals surface area contributed by atoms with Crippen LogP contribution in [0.2, 0.25) is 0 Å². The summed E-state index contributed by atoms with van der Waals surface area (Å²) >= 11 is 0. The lowest BCUT2D eigenvalue weighted by molar-refractivity contribution is -0.132. The van der Waals surface area contributed by atoms with Crippen LogP contribution in [0.25, 0.3) is 0 Å². The summed E-state index contributed by atoms with van der Waals surface area (Å²) in [7, 11) is 0. The SMILES string of the molecule is CCCC1(C(=O)NCCC2CC2)CCCNC1. The summed E-state index contributed by atoms with van der Waals surface area (Å²) < 4.78 is 0. The van der Waals surface area contributed by atoms with Crippen molar-refractivity contribution in [2.75, 3.05) is 19.6 Å². The number of rotatable bonds is 6. The fourth-order valence-electron chi connectivity index (χ4n) is 2.95. The zero-order chi connectivity index (χ0) is 12.1. The molecule has 3 heteroatoms. The van der Waals surface area contributed by atoms with Gasteiger partial charge in [0, 0.05) is 13.1 Å². The largest absolute Gasteiger partial charge is 0.356 e. The molecule has 1 atom stereocenters. The van der Waals surface area contributed by atoms with Crippen LogP contribution in [0, 0.1) is 11.3 Å². The predicted molar refractivity (Wildman–Crippen MR) is 69.8 cm³/mol. The molecule has 1 heterocycles. The molecule has 0 aromatic carbocycles. The number of nitrogens with one attached hydrogen (secondary N) is 2. The third kappa shape index (κ3) is 3.44. The fourth-order valence-corrected chi connectivity index (χ4v) is 2.95. The molecule has 0 radical (unpaired) electrons. The van der Waals surface area contributed by atoms with Gasteiger partial charge in [-0.15, -0.1) is 0 Å². The van der Waals surface area contributed by atoms with Crippen LogP contribution in [-0.2, 0) is 4.79 Å². The normalized spacial score (nSPS) is 29.0. The van der Waals surface area contributed by atoms with Crippen LogP contribution in [-0.4, -0.2) is 25.5 Å². The smallest absolute Gasteiger partial charge is 0.227 e. The maximum Gasteiger partial charge on any atom is 0.227 e. The standard InChI is InChI=1S/C14H26N2O/c1-2-7-14(8-3-9-15-11-14)13(17)16-10-6-12-4-5-12/h12,15H,2-11H2,1H3,(H,16,17). The molecule has 1 amide bonds. The Bertz CT molecular complexity index is 249. The molecular formula is C14H26N2O. The zero-order valence-electron chi connectivity index (χ0n) is 11.1. The Hall–Kier alpha value is -0.570. The first kappa shape index (κ1) is 12.9. The van der Waals surface area contributed by atoms with Gasteiger partial charge in [-0.2, -0.15) is 0 Å². The van der Waals surface area contributed by atoms with E-state index < -0.39 is 0 Å². The van der Waals surface area contributed by atoms with Gasteiger partial charge in [0.15, 0.2) is 0 Å². The van der Waals surface area contributed by atoms with E-state index in [0.717, 1.165) is 51.2 Å². The molecule has 2 fully saturated rings. The van der Waals surface area contributed by atoms with Crippen molar-refractivity contribution < 1.29 is 4.79 Å². The van der Waals surface area contributed by atoms with Gasteiger partial charge in [0.05, 0.1) is 5.41 Å². The topological polar surface area (TPSA) is 41.1 Å². The molecule has 1 aliphatic heterocycles. The maximum absolute atomic E-state index is 12.4. The second-order valence-corrected chi connectivity index (χ2v) is 5.80. The fraction of sp³-hybridized carbons (Fsp3) is 0.929. The Kier molecular flexibility index (Phi) is 4.43. The van der Waals surface area contributed by atoms with Crippen molar-refractivity contribution in [2.24, 2.45) is 11.3 Å². The predicted octanol–water partition coefficient (Wildman–Crippen LogP) is 2.07. The van der Waals surface area contributed by atoms with Crippen molar-refractivity contribution in [3.8, 4) is 0 Å². The highest BCUT2D eigenvalue weighted by atomic mass is 16.2. The summed E-state index contributed by atoms with van der Waals surface area (Å²) in [5.41, 5.74) is -0.115. The van der Waals surface area contributed by atoms with Crippen LogP contribution in [0.3, 0.4) is 0 Å². The minimum absolute atomic E-state index is 0.115. The van der Waals surface area contributed by atoms with E-state index in [-0.39, 0.29) is 5.41 Å². The van der Waals surface area contributed by atoms with Crippen LogP contribution in [0.5, 0.6) is 0 Å². The van der Waals surface area contributed by atoms with E-state index >= 15 is 0 Å². The Balaban J connectivity index is 1.82. The van der Waals surface area contributed by atoms with Crippen LogP contribution in [0.15, 0.2) is 0 Å². The second-order valence-electron chi connectivity index (χ2n) is 5.80. The maximum atomic E-state index is 12.4. The molecule has 17 heavy (non-hydrogen) atoms. The molecule has 98 valence electrons. The first-order chi connectivity index (χ1) is 8.27. The number of carbonyl (C=O) groups excluding carboxylic acids is 1. The average molecular weight is 238 g/mol. The molecular weight excluding hydrogens is 212 g/mol. The van der Waals surface area contributed by atoms with E-state index in [1.54, 1.807) is 0 Å². The van der Waals surface area contributed by atoms with Crippen LogP contribution in [0.4, 0.5) is 0 Å². The summed E-state index contributed by atoms with van der Waals surface area (Å²) in [4.78, 5) is 12.4. The van der Waals surface area contributed by atoms with Crippen molar-refractivity contribution in [3.05, 3.63) is 0 Å². The van der Waals surface area contributed by atoms with E-state index in [4.69, 9.17) is 0 Å². The van der Waals surface area contributed by atoms with Gasteiger partial charge in [-0.3, -0.25) is 4.79 Å². The van der Waals surface area contributed by atoms with Gasteiger partial charge in [-0.1, -0.05) is 26.2 Å².